The van der Waals surface area contributed by atoms with Crippen molar-refractivity contribution in [2.45, 2.75) is 93.1 Å². The first kappa shape index (κ1) is 27.1. The molecule has 0 bridgehead atoms. The summed E-state index contributed by atoms with van der Waals surface area (Å²) in [7, 11) is 0. The molecule has 0 aromatic rings. The van der Waals surface area contributed by atoms with E-state index < -0.39 is 18.0 Å². The molecule has 176 valence electrons. The van der Waals surface area contributed by atoms with Crippen LogP contribution in [0.1, 0.15) is 87.0 Å². The summed E-state index contributed by atoms with van der Waals surface area (Å²) in [4.78, 5) is 36.8. The number of carbonyl (C=O) groups excluding carboxylic acids is 2. The zero-order valence-electron chi connectivity index (χ0n) is 20.4. The fourth-order valence-corrected chi connectivity index (χ4v) is 4.38. The molecule has 6 atom stereocenters. The Bertz CT molecular complexity index is 690. The quantitative estimate of drug-likeness (QED) is 0.427. The summed E-state index contributed by atoms with van der Waals surface area (Å²) in [5, 5.41) is 9.48. The third kappa shape index (κ3) is 9.84. The highest BCUT2D eigenvalue weighted by Crippen LogP contribution is 2.26. The molecule has 5 nitrogen and oxygen atoms in total. The lowest BCUT2D eigenvalue weighted by atomic mass is 9.88. The zero-order chi connectivity index (χ0) is 23.7. The topological polar surface area (TPSA) is 80.7 Å². The van der Waals surface area contributed by atoms with Gasteiger partial charge < -0.3 is 9.84 Å². The number of ketones is 1. The predicted molar refractivity (Wildman–Crippen MR) is 124 cm³/mol. The maximum atomic E-state index is 12.7. The van der Waals surface area contributed by atoms with Gasteiger partial charge in [0.05, 0.1) is 11.8 Å². The number of carboxylic acid groups (broad SMARTS) is 1. The van der Waals surface area contributed by atoms with Crippen molar-refractivity contribution in [2.24, 2.45) is 29.6 Å². The highest BCUT2D eigenvalue weighted by molar-refractivity contribution is 5.94. The second kappa shape index (κ2) is 12.8. The summed E-state index contributed by atoms with van der Waals surface area (Å²) >= 11 is 0. The van der Waals surface area contributed by atoms with Crippen molar-refractivity contribution in [3.05, 3.63) is 23.3 Å². The Labute approximate surface area is 188 Å². The first-order valence-electron chi connectivity index (χ1n) is 11.7. The standard InChI is InChI=1S/C26H42O5/c1-16-8-10-23(27)20(5)14-18(3)13-17(2)9-11-24(22(7)25(28)29)31-26(30)21(6)15-19(4)12-16/h12,14,16-18,21-22,24H,8-11,13,15H2,1-7H3,(H,28,29)/t16-,17+,18-,21+,22-,24+/m1/s1. The number of aliphatic carboxylic acids is 1. The molecule has 0 aromatic heterocycles. The number of hydrogen-bond donors (Lipinski definition) is 1. The molecule has 0 saturated carbocycles. The van der Waals surface area contributed by atoms with Crippen LogP contribution in [0, 0.1) is 29.6 Å². The van der Waals surface area contributed by atoms with Crippen LogP contribution in [0.2, 0.25) is 0 Å². The van der Waals surface area contributed by atoms with E-state index in [0.29, 0.717) is 25.2 Å². The first-order valence-corrected chi connectivity index (χ1v) is 11.7. The molecule has 0 radical (unpaired) electrons. The molecule has 0 amide bonds. The van der Waals surface area contributed by atoms with E-state index in [-0.39, 0.29) is 29.5 Å². The van der Waals surface area contributed by atoms with Gasteiger partial charge in [0.15, 0.2) is 5.78 Å². The lowest BCUT2D eigenvalue weighted by molar-refractivity contribution is -0.161. The van der Waals surface area contributed by atoms with E-state index in [1.165, 1.54) is 0 Å². The van der Waals surface area contributed by atoms with E-state index in [9.17, 15) is 19.5 Å². The first-order chi connectivity index (χ1) is 14.4. The molecule has 31 heavy (non-hydrogen) atoms. The molecule has 0 saturated heterocycles. The molecular weight excluding hydrogens is 392 g/mol. The second-order valence-corrected chi connectivity index (χ2v) is 9.90. The molecule has 1 N–H and O–H groups in total. The van der Waals surface area contributed by atoms with Crippen molar-refractivity contribution in [2.75, 3.05) is 0 Å². The van der Waals surface area contributed by atoms with Gasteiger partial charge in [-0.25, -0.2) is 0 Å². The average Bonchev–Trinajstić information content (AvgIpc) is 2.67. The summed E-state index contributed by atoms with van der Waals surface area (Å²) in [5.41, 5.74) is 1.91. The molecule has 5 heteroatoms. The van der Waals surface area contributed by atoms with Crippen LogP contribution in [0.15, 0.2) is 23.3 Å². The van der Waals surface area contributed by atoms with Gasteiger partial charge in [0, 0.05) is 6.42 Å². The average molecular weight is 435 g/mol. The number of rotatable bonds is 2. The van der Waals surface area contributed by atoms with Crippen molar-refractivity contribution in [3.8, 4) is 0 Å². The SMILES string of the molecule is CC1=C[C@H](C)CCC(=O)C(C)=C[C@H](C)C[C@@H](C)CC[C@@H]([C@@H](C)C(=O)O)OC(=O)[C@@H](C)C1. The van der Waals surface area contributed by atoms with Crippen LogP contribution < -0.4 is 0 Å². The smallest absolute Gasteiger partial charge is 0.309 e. The highest BCUT2D eigenvalue weighted by atomic mass is 16.5. The summed E-state index contributed by atoms with van der Waals surface area (Å²) < 4.78 is 5.71. The lowest BCUT2D eigenvalue weighted by Gasteiger charge is -2.25. The fraction of sp³-hybridized carbons (Fsp3) is 0.731. The minimum absolute atomic E-state index is 0.200. The number of Topliss-reactive ketones (excluding diaryl/α,β-unsaturated/α-hetero) is 1. The fourth-order valence-electron chi connectivity index (χ4n) is 4.38. The largest absolute Gasteiger partial charge is 0.481 e. The number of hydrogen-bond acceptors (Lipinski definition) is 4. The molecule has 0 spiro atoms. The van der Waals surface area contributed by atoms with Crippen LogP contribution in [0.5, 0.6) is 0 Å². The van der Waals surface area contributed by atoms with Crippen molar-refractivity contribution < 1.29 is 24.2 Å². The van der Waals surface area contributed by atoms with Gasteiger partial charge in [-0.05, 0) is 76.2 Å². The van der Waals surface area contributed by atoms with Gasteiger partial charge in [0.25, 0.3) is 0 Å². The van der Waals surface area contributed by atoms with E-state index in [2.05, 4.69) is 32.9 Å². The number of allylic oxidation sites excluding steroid dienone is 4. The van der Waals surface area contributed by atoms with E-state index in [1.807, 2.05) is 20.8 Å². The molecule has 0 aliphatic carbocycles. The van der Waals surface area contributed by atoms with Crippen molar-refractivity contribution >= 4 is 17.7 Å². The second-order valence-electron chi connectivity index (χ2n) is 9.90. The van der Waals surface area contributed by atoms with Crippen LogP contribution in [0.3, 0.4) is 0 Å². The monoisotopic (exact) mass is 434 g/mol. The number of cyclic esters (lactones) is 1. The molecule has 1 aliphatic heterocycles. The van der Waals surface area contributed by atoms with Gasteiger partial charge in [-0.3, -0.25) is 14.4 Å². The van der Waals surface area contributed by atoms with Gasteiger partial charge in [-0.2, -0.15) is 0 Å². The van der Waals surface area contributed by atoms with E-state index in [0.717, 1.165) is 30.4 Å². The number of esters is 1. The number of ether oxygens (including phenoxy) is 1. The highest BCUT2D eigenvalue weighted by Gasteiger charge is 2.29. The van der Waals surface area contributed by atoms with Gasteiger partial charge in [0.1, 0.15) is 6.10 Å². The van der Waals surface area contributed by atoms with Crippen LogP contribution in [-0.2, 0) is 19.1 Å². The molecule has 0 unspecified atom stereocenters. The molecule has 1 rings (SSSR count). The van der Waals surface area contributed by atoms with Gasteiger partial charge in [-0.15, -0.1) is 0 Å². The number of carbonyl (C=O) groups is 3. The minimum atomic E-state index is -0.949. The minimum Gasteiger partial charge on any atom is -0.481 e. The van der Waals surface area contributed by atoms with Crippen molar-refractivity contribution in [3.63, 3.8) is 0 Å². The molecule has 1 aliphatic rings. The van der Waals surface area contributed by atoms with E-state index >= 15 is 0 Å². The molecule has 1 heterocycles. The van der Waals surface area contributed by atoms with Crippen LogP contribution in [-0.4, -0.2) is 28.9 Å². The predicted octanol–water partition coefficient (Wildman–Crippen LogP) is 5.98. The Morgan fingerprint density at radius 3 is 2.29 bits per heavy atom. The van der Waals surface area contributed by atoms with Crippen LogP contribution in [0.25, 0.3) is 0 Å². The van der Waals surface area contributed by atoms with Gasteiger partial charge in [-0.1, -0.05) is 45.4 Å². The molecule has 0 aromatic carbocycles. The van der Waals surface area contributed by atoms with E-state index in [1.54, 1.807) is 6.92 Å². The summed E-state index contributed by atoms with van der Waals surface area (Å²) in [6.45, 7) is 13.7. The third-order valence-corrected chi connectivity index (χ3v) is 6.33. The normalized spacial score (nSPS) is 31.5. The van der Waals surface area contributed by atoms with Crippen LogP contribution in [0.4, 0.5) is 0 Å². The molecular formula is C26H42O5. The van der Waals surface area contributed by atoms with Crippen molar-refractivity contribution in [1.82, 2.24) is 0 Å². The Kier molecular flexibility index (Phi) is 11.2. The van der Waals surface area contributed by atoms with E-state index in [4.69, 9.17) is 4.74 Å². The third-order valence-electron chi connectivity index (χ3n) is 6.33. The summed E-state index contributed by atoms with van der Waals surface area (Å²) in [6, 6.07) is 0. The lowest BCUT2D eigenvalue weighted by Crippen LogP contribution is -2.33. The summed E-state index contributed by atoms with van der Waals surface area (Å²) in [5.74, 6) is -1.34. The van der Waals surface area contributed by atoms with Crippen molar-refractivity contribution in [1.29, 1.82) is 0 Å². The maximum Gasteiger partial charge on any atom is 0.309 e. The molecule has 0 fully saturated rings. The van der Waals surface area contributed by atoms with Gasteiger partial charge in [0.2, 0.25) is 0 Å². The number of carboxylic acids is 1. The van der Waals surface area contributed by atoms with Crippen LogP contribution >= 0.6 is 0 Å². The Balaban J connectivity index is 3.09. The Hall–Kier alpha value is -1.91. The summed E-state index contributed by atoms with van der Waals surface area (Å²) in [6.07, 6.45) is 7.63. The zero-order valence-corrected chi connectivity index (χ0v) is 20.4. The Morgan fingerprint density at radius 2 is 1.68 bits per heavy atom. The maximum absolute atomic E-state index is 12.7. The van der Waals surface area contributed by atoms with Gasteiger partial charge >= 0.3 is 11.9 Å². The Morgan fingerprint density at radius 1 is 1.03 bits per heavy atom.